The van der Waals surface area contributed by atoms with Crippen molar-refractivity contribution < 1.29 is 19.1 Å². The van der Waals surface area contributed by atoms with Crippen molar-refractivity contribution in [2.45, 2.75) is 6.04 Å². The van der Waals surface area contributed by atoms with Crippen molar-refractivity contribution in [2.75, 3.05) is 39.9 Å². The molecule has 2 heterocycles. The van der Waals surface area contributed by atoms with E-state index in [4.69, 9.17) is 4.74 Å². The van der Waals surface area contributed by atoms with Gasteiger partial charge in [-0.2, -0.15) is 0 Å². The van der Waals surface area contributed by atoms with Crippen molar-refractivity contribution >= 4 is 18.0 Å². The smallest absolute Gasteiger partial charge is 0.324 e. The van der Waals surface area contributed by atoms with E-state index < -0.39 is 0 Å². The van der Waals surface area contributed by atoms with Crippen molar-refractivity contribution in [2.24, 2.45) is 0 Å². The molecular formula is C10H16N4O4. The highest BCUT2D eigenvalue weighted by atomic mass is 16.5. The summed E-state index contributed by atoms with van der Waals surface area (Å²) in [5.74, 6) is -0.232. The second-order valence-electron chi connectivity index (χ2n) is 4.21. The van der Waals surface area contributed by atoms with Gasteiger partial charge in [0.15, 0.2) is 0 Å². The molecule has 0 aromatic rings. The zero-order chi connectivity index (χ0) is 13.1. The van der Waals surface area contributed by atoms with Gasteiger partial charge in [0.05, 0.1) is 19.2 Å². The van der Waals surface area contributed by atoms with E-state index in [0.717, 1.165) is 0 Å². The monoisotopic (exact) mass is 256 g/mol. The molecule has 2 saturated heterocycles. The number of carbonyl (C=O) groups excluding carboxylic acids is 3. The second kappa shape index (κ2) is 5.21. The SMILES string of the molecule is COCCNC(=O)N1CC(N2C(=O)CNC2=O)C1. The van der Waals surface area contributed by atoms with Crippen LogP contribution in [0.2, 0.25) is 0 Å². The Labute approximate surface area is 104 Å². The lowest BCUT2D eigenvalue weighted by atomic mass is 10.1. The van der Waals surface area contributed by atoms with E-state index >= 15 is 0 Å². The predicted molar refractivity (Wildman–Crippen MR) is 60.9 cm³/mol. The summed E-state index contributed by atoms with van der Waals surface area (Å²) in [5.41, 5.74) is 0. The standard InChI is InChI=1S/C10H16N4O4/c1-18-3-2-11-9(16)13-5-7(6-13)14-8(15)4-12-10(14)17/h7H,2-6H2,1H3,(H,11,16)(H,12,17). The van der Waals surface area contributed by atoms with Gasteiger partial charge in [0.1, 0.15) is 0 Å². The van der Waals surface area contributed by atoms with E-state index in [-0.39, 0.29) is 30.6 Å². The largest absolute Gasteiger partial charge is 0.383 e. The highest BCUT2D eigenvalue weighted by Gasteiger charge is 2.42. The summed E-state index contributed by atoms with van der Waals surface area (Å²) < 4.78 is 4.82. The van der Waals surface area contributed by atoms with Crippen LogP contribution < -0.4 is 10.6 Å². The van der Waals surface area contributed by atoms with Crippen LogP contribution in [-0.2, 0) is 9.53 Å². The van der Waals surface area contributed by atoms with Gasteiger partial charge in [-0.05, 0) is 0 Å². The molecule has 0 unspecified atom stereocenters. The summed E-state index contributed by atoms with van der Waals surface area (Å²) in [6.07, 6.45) is 0. The molecule has 0 aromatic heterocycles. The molecular weight excluding hydrogens is 240 g/mol. The van der Waals surface area contributed by atoms with Gasteiger partial charge in [0, 0.05) is 26.7 Å². The third-order valence-corrected chi connectivity index (χ3v) is 2.98. The highest BCUT2D eigenvalue weighted by Crippen LogP contribution is 2.17. The van der Waals surface area contributed by atoms with Gasteiger partial charge in [-0.25, -0.2) is 9.59 Å². The fourth-order valence-electron chi connectivity index (χ4n) is 1.96. The lowest BCUT2D eigenvalue weighted by Crippen LogP contribution is -2.64. The van der Waals surface area contributed by atoms with E-state index in [9.17, 15) is 14.4 Å². The number of nitrogens with one attached hydrogen (secondary N) is 2. The number of likely N-dealkylation sites (tertiary alicyclic amines) is 1. The Morgan fingerprint density at radius 2 is 2.22 bits per heavy atom. The number of amides is 5. The Balaban J connectivity index is 1.75. The molecule has 2 fully saturated rings. The molecule has 0 atom stereocenters. The van der Waals surface area contributed by atoms with Gasteiger partial charge in [-0.15, -0.1) is 0 Å². The predicted octanol–water partition coefficient (Wildman–Crippen LogP) is -1.42. The number of rotatable bonds is 4. The van der Waals surface area contributed by atoms with Gasteiger partial charge in [-0.1, -0.05) is 0 Å². The fourth-order valence-corrected chi connectivity index (χ4v) is 1.96. The average Bonchev–Trinajstić information content (AvgIpc) is 2.59. The first kappa shape index (κ1) is 12.6. The molecule has 0 aromatic carbocycles. The van der Waals surface area contributed by atoms with Gasteiger partial charge < -0.3 is 20.3 Å². The third-order valence-electron chi connectivity index (χ3n) is 2.98. The van der Waals surface area contributed by atoms with E-state index in [2.05, 4.69) is 10.6 Å². The molecule has 0 spiro atoms. The van der Waals surface area contributed by atoms with Crippen LogP contribution in [0.1, 0.15) is 0 Å². The Morgan fingerprint density at radius 3 is 2.78 bits per heavy atom. The molecule has 8 nitrogen and oxygen atoms in total. The molecule has 0 bridgehead atoms. The number of imide groups is 1. The van der Waals surface area contributed by atoms with Crippen molar-refractivity contribution in [3.05, 3.63) is 0 Å². The first-order valence-corrected chi connectivity index (χ1v) is 5.75. The average molecular weight is 256 g/mol. The van der Waals surface area contributed by atoms with Gasteiger partial charge >= 0.3 is 12.1 Å². The molecule has 0 saturated carbocycles. The van der Waals surface area contributed by atoms with Crippen LogP contribution in [-0.4, -0.2) is 73.7 Å². The molecule has 2 aliphatic heterocycles. The molecule has 0 aliphatic carbocycles. The maximum absolute atomic E-state index is 11.6. The second-order valence-corrected chi connectivity index (χ2v) is 4.21. The van der Waals surface area contributed by atoms with E-state index in [1.54, 1.807) is 12.0 Å². The van der Waals surface area contributed by atoms with Crippen LogP contribution in [0.4, 0.5) is 9.59 Å². The van der Waals surface area contributed by atoms with Crippen molar-refractivity contribution in [1.29, 1.82) is 0 Å². The van der Waals surface area contributed by atoms with Crippen LogP contribution in [0.25, 0.3) is 0 Å². The van der Waals surface area contributed by atoms with Crippen LogP contribution >= 0.6 is 0 Å². The molecule has 18 heavy (non-hydrogen) atoms. The number of urea groups is 2. The van der Waals surface area contributed by atoms with E-state index in [0.29, 0.717) is 26.2 Å². The van der Waals surface area contributed by atoms with E-state index in [1.807, 2.05) is 0 Å². The van der Waals surface area contributed by atoms with Gasteiger partial charge in [0.25, 0.3) is 0 Å². The van der Waals surface area contributed by atoms with Gasteiger partial charge in [0.2, 0.25) is 5.91 Å². The minimum atomic E-state index is -0.371. The molecule has 2 N–H and O–H groups in total. The lowest BCUT2D eigenvalue weighted by molar-refractivity contribution is -0.128. The molecule has 100 valence electrons. The van der Waals surface area contributed by atoms with Crippen molar-refractivity contribution in [1.82, 2.24) is 20.4 Å². The summed E-state index contributed by atoms with van der Waals surface area (Å²) in [5, 5.41) is 5.13. The van der Waals surface area contributed by atoms with Gasteiger partial charge in [-0.3, -0.25) is 9.69 Å². The van der Waals surface area contributed by atoms with Crippen LogP contribution in [0.15, 0.2) is 0 Å². The molecule has 2 aliphatic rings. The Morgan fingerprint density at radius 1 is 1.50 bits per heavy atom. The molecule has 0 radical (unpaired) electrons. The summed E-state index contributed by atoms with van der Waals surface area (Å²) in [4.78, 5) is 37.1. The number of methoxy groups -OCH3 is 1. The normalized spacial score (nSPS) is 19.8. The topological polar surface area (TPSA) is 91.0 Å². The highest BCUT2D eigenvalue weighted by molar-refractivity contribution is 6.02. The number of hydrogen-bond donors (Lipinski definition) is 2. The van der Waals surface area contributed by atoms with Crippen LogP contribution in [0, 0.1) is 0 Å². The molecule has 5 amide bonds. The first-order valence-electron chi connectivity index (χ1n) is 5.75. The maximum atomic E-state index is 11.6. The Bertz CT molecular complexity index is 351. The Hall–Kier alpha value is -1.83. The van der Waals surface area contributed by atoms with Crippen molar-refractivity contribution in [3.63, 3.8) is 0 Å². The van der Waals surface area contributed by atoms with Crippen LogP contribution in [0.5, 0.6) is 0 Å². The third kappa shape index (κ3) is 2.37. The fraction of sp³-hybridized carbons (Fsp3) is 0.700. The number of hydrogen-bond acceptors (Lipinski definition) is 4. The number of carbonyl (C=O) groups is 3. The van der Waals surface area contributed by atoms with E-state index in [1.165, 1.54) is 4.90 Å². The molecule has 2 rings (SSSR count). The minimum Gasteiger partial charge on any atom is -0.383 e. The molecule has 8 heteroatoms. The number of nitrogens with zero attached hydrogens (tertiary/aromatic N) is 2. The summed E-state index contributed by atoms with van der Waals surface area (Å²) in [6, 6.07) is -0.770. The number of ether oxygens (including phenoxy) is 1. The lowest BCUT2D eigenvalue weighted by Gasteiger charge is -2.42. The summed E-state index contributed by atoms with van der Waals surface area (Å²) >= 11 is 0. The first-order chi connectivity index (χ1) is 8.63. The zero-order valence-electron chi connectivity index (χ0n) is 10.1. The summed E-state index contributed by atoms with van der Waals surface area (Å²) in [6.45, 7) is 1.72. The Kier molecular flexibility index (Phi) is 3.66. The minimum absolute atomic E-state index is 0.0510. The van der Waals surface area contributed by atoms with Crippen LogP contribution in [0.3, 0.4) is 0 Å². The zero-order valence-corrected chi connectivity index (χ0v) is 10.1. The maximum Gasteiger partial charge on any atom is 0.324 e. The quantitative estimate of drug-likeness (QED) is 0.477. The van der Waals surface area contributed by atoms with Crippen molar-refractivity contribution in [3.8, 4) is 0 Å². The summed E-state index contributed by atoms with van der Waals surface area (Å²) in [7, 11) is 1.56.